The van der Waals surface area contributed by atoms with Crippen LogP contribution in [0.1, 0.15) is 51.0 Å². The molecule has 1 aromatic carbocycles. The average Bonchev–Trinajstić information content (AvgIpc) is 3.28. The molecule has 3 aromatic rings. The van der Waals surface area contributed by atoms with Crippen molar-refractivity contribution in [3.63, 3.8) is 0 Å². The lowest BCUT2D eigenvalue weighted by Gasteiger charge is -2.28. The van der Waals surface area contributed by atoms with Crippen molar-refractivity contribution in [1.29, 1.82) is 0 Å². The topological polar surface area (TPSA) is 60.2 Å². The molecule has 3 heterocycles. The SMILES string of the molecule is CC(C)(C)OC(=O)N1CCC[C@@H]1c1nc2cccnc2n1Cc1ccc(F)c(Cl)c1. The number of imidazole rings is 1. The number of nitrogens with zero attached hydrogens (tertiary/aromatic N) is 4. The molecule has 2 aromatic heterocycles. The summed E-state index contributed by atoms with van der Waals surface area (Å²) in [6, 6.07) is 8.16. The zero-order valence-corrected chi connectivity index (χ0v) is 18.0. The zero-order chi connectivity index (χ0) is 21.5. The van der Waals surface area contributed by atoms with Crippen LogP contribution in [-0.2, 0) is 11.3 Å². The highest BCUT2D eigenvalue weighted by molar-refractivity contribution is 6.30. The van der Waals surface area contributed by atoms with Crippen LogP contribution in [0.15, 0.2) is 36.5 Å². The van der Waals surface area contributed by atoms with Gasteiger partial charge in [0.05, 0.1) is 17.6 Å². The Labute approximate surface area is 179 Å². The standard InChI is InChI=1S/C22H24ClFN4O2/c1-22(2,3)30-21(29)27-11-5-7-18(27)20-26-17-6-4-10-25-19(17)28(20)13-14-8-9-16(24)15(23)12-14/h4,6,8-10,12,18H,5,7,11,13H2,1-3H3/t18-/m1/s1. The van der Waals surface area contributed by atoms with E-state index < -0.39 is 11.4 Å². The quantitative estimate of drug-likeness (QED) is 0.562. The van der Waals surface area contributed by atoms with Crippen molar-refractivity contribution < 1.29 is 13.9 Å². The van der Waals surface area contributed by atoms with Crippen LogP contribution in [0.4, 0.5) is 9.18 Å². The van der Waals surface area contributed by atoms with Crippen molar-refractivity contribution in [1.82, 2.24) is 19.4 Å². The summed E-state index contributed by atoms with van der Waals surface area (Å²) in [5.41, 5.74) is 1.71. The smallest absolute Gasteiger partial charge is 0.410 e. The summed E-state index contributed by atoms with van der Waals surface area (Å²) in [7, 11) is 0. The van der Waals surface area contributed by atoms with E-state index in [1.54, 1.807) is 23.2 Å². The fourth-order valence-corrected chi connectivity index (χ4v) is 3.98. The largest absolute Gasteiger partial charge is 0.444 e. The van der Waals surface area contributed by atoms with Crippen molar-refractivity contribution in [2.45, 2.75) is 51.8 Å². The van der Waals surface area contributed by atoms with Crippen LogP contribution >= 0.6 is 11.6 Å². The number of hydrogen-bond donors (Lipinski definition) is 0. The maximum absolute atomic E-state index is 13.6. The molecule has 1 aliphatic heterocycles. The van der Waals surface area contributed by atoms with Gasteiger partial charge in [-0.05, 0) is 63.4 Å². The van der Waals surface area contributed by atoms with Crippen LogP contribution in [0.3, 0.4) is 0 Å². The molecule has 1 fully saturated rings. The number of carbonyl (C=O) groups is 1. The maximum atomic E-state index is 13.6. The first-order valence-corrected chi connectivity index (χ1v) is 10.4. The number of amides is 1. The minimum Gasteiger partial charge on any atom is -0.444 e. The summed E-state index contributed by atoms with van der Waals surface area (Å²) >= 11 is 5.98. The number of rotatable bonds is 3. The van der Waals surface area contributed by atoms with E-state index in [-0.39, 0.29) is 17.2 Å². The third-order valence-corrected chi connectivity index (χ3v) is 5.33. The number of pyridine rings is 1. The first-order chi connectivity index (χ1) is 14.2. The van der Waals surface area contributed by atoms with E-state index in [0.717, 1.165) is 29.7 Å². The molecule has 1 amide bonds. The first-order valence-electron chi connectivity index (χ1n) is 9.97. The molecule has 0 saturated carbocycles. The maximum Gasteiger partial charge on any atom is 0.410 e. The molecule has 4 rings (SSSR count). The molecule has 6 nitrogen and oxygen atoms in total. The van der Waals surface area contributed by atoms with Crippen molar-refractivity contribution >= 4 is 28.9 Å². The fourth-order valence-electron chi connectivity index (χ4n) is 3.78. The van der Waals surface area contributed by atoms with E-state index in [1.165, 1.54) is 6.07 Å². The predicted molar refractivity (Wildman–Crippen MR) is 113 cm³/mol. The van der Waals surface area contributed by atoms with E-state index in [9.17, 15) is 9.18 Å². The normalized spacial score (nSPS) is 17.0. The third-order valence-electron chi connectivity index (χ3n) is 5.04. The van der Waals surface area contributed by atoms with Crippen LogP contribution < -0.4 is 0 Å². The fraction of sp³-hybridized carbons (Fsp3) is 0.409. The number of aromatic nitrogens is 3. The van der Waals surface area contributed by atoms with Gasteiger partial charge in [-0.15, -0.1) is 0 Å². The number of halogens is 2. The summed E-state index contributed by atoms with van der Waals surface area (Å²) in [4.78, 5) is 23.8. The lowest BCUT2D eigenvalue weighted by Crippen LogP contribution is -2.37. The first kappa shape index (κ1) is 20.6. The van der Waals surface area contributed by atoms with E-state index in [1.807, 2.05) is 37.5 Å². The van der Waals surface area contributed by atoms with E-state index in [2.05, 4.69) is 4.98 Å². The second-order valence-electron chi connectivity index (χ2n) is 8.48. The second kappa shape index (κ2) is 7.87. The van der Waals surface area contributed by atoms with Crippen LogP contribution in [-0.4, -0.2) is 37.7 Å². The van der Waals surface area contributed by atoms with Crippen LogP contribution in [0.25, 0.3) is 11.2 Å². The van der Waals surface area contributed by atoms with Gasteiger partial charge in [-0.2, -0.15) is 0 Å². The molecule has 0 aliphatic carbocycles. The summed E-state index contributed by atoms with van der Waals surface area (Å²) in [5.74, 6) is 0.286. The van der Waals surface area contributed by atoms with Gasteiger partial charge in [0.25, 0.3) is 0 Å². The Morgan fingerprint density at radius 2 is 2.13 bits per heavy atom. The van der Waals surface area contributed by atoms with E-state index >= 15 is 0 Å². The Kier molecular flexibility index (Phi) is 5.40. The van der Waals surface area contributed by atoms with Crippen LogP contribution in [0.2, 0.25) is 5.02 Å². The van der Waals surface area contributed by atoms with E-state index in [0.29, 0.717) is 18.7 Å². The van der Waals surface area contributed by atoms with Crippen molar-refractivity contribution in [2.24, 2.45) is 0 Å². The molecule has 0 bridgehead atoms. The Morgan fingerprint density at radius 3 is 2.87 bits per heavy atom. The highest BCUT2D eigenvalue weighted by atomic mass is 35.5. The molecule has 1 saturated heterocycles. The molecule has 0 spiro atoms. The molecule has 0 unspecified atom stereocenters. The summed E-state index contributed by atoms with van der Waals surface area (Å²) in [6.45, 7) is 6.59. The number of fused-ring (bicyclic) bond motifs is 1. The molecule has 1 atom stereocenters. The van der Waals surface area contributed by atoms with E-state index in [4.69, 9.17) is 21.3 Å². The van der Waals surface area contributed by atoms with Crippen LogP contribution in [0, 0.1) is 5.82 Å². The highest BCUT2D eigenvalue weighted by Gasteiger charge is 2.36. The summed E-state index contributed by atoms with van der Waals surface area (Å²) in [5, 5.41) is 0.0719. The Hall–Kier alpha value is -2.67. The lowest BCUT2D eigenvalue weighted by molar-refractivity contribution is 0.0216. The number of hydrogen-bond acceptors (Lipinski definition) is 4. The van der Waals surface area contributed by atoms with Gasteiger partial charge < -0.3 is 9.30 Å². The number of benzene rings is 1. The van der Waals surface area contributed by atoms with Gasteiger partial charge in [-0.3, -0.25) is 4.90 Å². The van der Waals surface area contributed by atoms with Gasteiger partial charge in [0, 0.05) is 12.7 Å². The molecule has 1 aliphatic rings. The zero-order valence-electron chi connectivity index (χ0n) is 17.2. The highest BCUT2D eigenvalue weighted by Crippen LogP contribution is 2.34. The Balaban J connectivity index is 1.74. The Morgan fingerprint density at radius 1 is 1.33 bits per heavy atom. The molecule has 158 valence electrons. The number of likely N-dealkylation sites (tertiary alicyclic amines) is 1. The molecule has 30 heavy (non-hydrogen) atoms. The lowest BCUT2D eigenvalue weighted by atomic mass is 10.2. The molecule has 0 radical (unpaired) electrons. The van der Waals surface area contributed by atoms with Crippen molar-refractivity contribution in [3.05, 3.63) is 58.8 Å². The number of ether oxygens (including phenoxy) is 1. The second-order valence-corrected chi connectivity index (χ2v) is 8.89. The van der Waals surface area contributed by atoms with Gasteiger partial charge in [-0.1, -0.05) is 17.7 Å². The van der Waals surface area contributed by atoms with Gasteiger partial charge in [-0.25, -0.2) is 19.2 Å². The monoisotopic (exact) mass is 430 g/mol. The molecular formula is C22H24ClFN4O2. The third kappa shape index (κ3) is 4.12. The minimum atomic E-state index is -0.573. The Bertz CT molecular complexity index is 1090. The minimum absolute atomic E-state index is 0.0719. The van der Waals surface area contributed by atoms with Crippen LogP contribution in [0.5, 0.6) is 0 Å². The average molecular weight is 431 g/mol. The molecule has 0 N–H and O–H groups in total. The molecular weight excluding hydrogens is 407 g/mol. The van der Waals surface area contributed by atoms with Crippen molar-refractivity contribution in [3.8, 4) is 0 Å². The van der Waals surface area contributed by atoms with Gasteiger partial charge in [0.1, 0.15) is 22.8 Å². The summed E-state index contributed by atoms with van der Waals surface area (Å²) < 4.78 is 21.2. The predicted octanol–water partition coefficient (Wildman–Crippen LogP) is 5.34. The molecule has 8 heteroatoms. The summed E-state index contributed by atoms with van der Waals surface area (Å²) in [6.07, 6.45) is 3.01. The van der Waals surface area contributed by atoms with Gasteiger partial charge in [0.2, 0.25) is 0 Å². The number of carbonyl (C=O) groups excluding carboxylic acids is 1. The van der Waals surface area contributed by atoms with Gasteiger partial charge >= 0.3 is 6.09 Å². The van der Waals surface area contributed by atoms with Crippen molar-refractivity contribution in [2.75, 3.05) is 6.54 Å². The van der Waals surface area contributed by atoms with Gasteiger partial charge in [0.15, 0.2) is 5.65 Å².